The van der Waals surface area contributed by atoms with Crippen LogP contribution in [-0.4, -0.2) is 40.9 Å². The zero-order chi connectivity index (χ0) is 19.9. The lowest BCUT2D eigenvalue weighted by Gasteiger charge is -2.35. The van der Waals surface area contributed by atoms with Crippen LogP contribution in [0, 0.1) is 0 Å². The lowest BCUT2D eigenvalue weighted by Crippen LogP contribution is -2.48. The third kappa shape index (κ3) is 3.38. The topological polar surface area (TPSA) is 89.2 Å². The third-order valence-electron chi connectivity index (χ3n) is 4.38. The first-order valence-electron chi connectivity index (χ1n) is 8.16. The Morgan fingerprint density at radius 1 is 1.11 bits per heavy atom. The molecule has 1 aliphatic rings. The minimum atomic E-state index is -4.52. The van der Waals surface area contributed by atoms with Gasteiger partial charge in [-0.1, -0.05) is 5.16 Å². The van der Waals surface area contributed by atoms with E-state index in [2.05, 4.69) is 15.1 Å². The molecule has 0 radical (unpaired) electrons. The van der Waals surface area contributed by atoms with E-state index in [1.807, 2.05) is 0 Å². The van der Waals surface area contributed by atoms with Crippen molar-refractivity contribution in [2.45, 2.75) is 17.0 Å². The van der Waals surface area contributed by atoms with Crippen molar-refractivity contribution in [3.05, 3.63) is 60.2 Å². The predicted molar refractivity (Wildman–Crippen MR) is 90.5 cm³/mol. The average Bonchev–Trinajstić information content (AvgIpc) is 3.10. The van der Waals surface area contributed by atoms with Crippen molar-refractivity contribution in [1.82, 2.24) is 19.4 Å². The molecule has 146 valence electrons. The van der Waals surface area contributed by atoms with Gasteiger partial charge in [0.2, 0.25) is 21.7 Å². The van der Waals surface area contributed by atoms with E-state index in [0.29, 0.717) is 17.3 Å². The molecule has 3 aromatic rings. The normalized spacial score (nSPS) is 16.1. The molecular formula is C17H13F3N4O3S. The van der Waals surface area contributed by atoms with Crippen molar-refractivity contribution < 1.29 is 26.1 Å². The molecule has 0 saturated carbocycles. The summed E-state index contributed by atoms with van der Waals surface area (Å²) in [6.07, 6.45) is -1.33. The second-order valence-corrected chi connectivity index (χ2v) is 8.18. The van der Waals surface area contributed by atoms with Crippen LogP contribution in [0.25, 0.3) is 11.4 Å². The molecule has 11 heteroatoms. The number of pyridine rings is 1. The van der Waals surface area contributed by atoms with E-state index in [1.54, 1.807) is 24.5 Å². The summed E-state index contributed by atoms with van der Waals surface area (Å²) in [5, 5.41) is 3.87. The maximum Gasteiger partial charge on any atom is 0.416 e. The maximum atomic E-state index is 12.6. The molecule has 3 heterocycles. The van der Waals surface area contributed by atoms with Crippen molar-refractivity contribution in [3.8, 4) is 11.4 Å². The van der Waals surface area contributed by atoms with E-state index in [1.165, 1.54) is 0 Å². The summed E-state index contributed by atoms with van der Waals surface area (Å²) in [5.41, 5.74) is -0.229. The fraction of sp³-hybridized carbons (Fsp3) is 0.235. The van der Waals surface area contributed by atoms with Crippen molar-refractivity contribution in [1.29, 1.82) is 0 Å². The summed E-state index contributed by atoms with van der Waals surface area (Å²) in [4.78, 5) is 8.04. The van der Waals surface area contributed by atoms with Crippen molar-refractivity contribution in [2.24, 2.45) is 0 Å². The summed E-state index contributed by atoms with van der Waals surface area (Å²) in [6.45, 7) is 0.218. The lowest BCUT2D eigenvalue weighted by atomic mass is 10.0. The van der Waals surface area contributed by atoms with Crippen LogP contribution in [0.5, 0.6) is 0 Å². The molecule has 7 nitrogen and oxygen atoms in total. The number of sulfonamides is 1. The van der Waals surface area contributed by atoms with Gasteiger partial charge in [-0.15, -0.1) is 0 Å². The monoisotopic (exact) mass is 410 g/mol. The van der Waals surface area contributed by atoms with Crippen LogP contribution in [0.1, 0.15) is 17.4 Å². The molecule has 0 N–H and O–H groups in total. The fourth-order valence-corrected chi connectivity index (χ4v) is 4.30. The van der Waals surface area contributed by atoms with Gasteiger partial charge < -0.3 is 4.52 Å². The van der Waals surface area contributed by atoms with Crippen molar-refractivity contribution in [3.63, 3.8) is 0 Å². The lowest BCUT2D eigenvalue weighted by molar-refractivity contribution is -0.137. The molecule has 2 aromatic heterocycles. The van der Waals surface area contributed by atoms with Gasteiger partial charge >= 0.3 is 6.18 Å². The number of nitrogens with zero attached hydrogens (tertiary/aromatic N) is 4. The SMILES string of the molecule is O=S(=O)(c1ccc(C(F)(F)F)cc1)N1CC(c2nc(-c3cccnc3)no2)C1. The standard InChI is InChI=1S/C17H13F3N4O3S/c18-17(19,20)13-3-5-14(6-4-13)28(25,26)24-9-12(10-24)16-22-15(23-27-16)11-2-1-7-21-8-11/h1-8,12H,9-10H2. The van der Waals surface area contributed by atoms with Gasteiger partial charge in [-0.05, 0) is 36.4 Å². The highest BCUT2D eigenvalue weighted by Crippen LogP contribution is 2.34. The number of alkyl halides is 3. The average molecular weight is 410 g/mol. The summed E-state index contributed by atoms with van der Waals surface area (Å²) >= 11 is 0. The van der Waals surface area contributed by atoms with Crippen molar-refractivity contribution in [2.75, 3.05) is 13.1 Å². The highest BCUT2D eigenvalue weighted by atomic mass is 32.2. The second kappa shape index (κ2) is 6.67. The summed E-state index contributed by atoms with van der Waals surface area (Å²) in [6, 6.07) is 6.92. The van der Waals surface area contributed by atoms with Crippen LogP contribution in [0.15, 0.2) is 58.2 Å². The Morgan fingerprint density at radius 3 is 2.43 bits per heavy atom. The van der Waals surface area contributed by atoms with Crippen molar-refractivity contribution >= 4 is 10.0 Å². The van der Waals surface area contributed by atoms with Gasteiger partial charge in [0, 0.05) is 31.0 Å². The smallest absolute Gasteiger partial charge is 0.339 e. The molecule has 0 bridgehead atoms. The highest BCUT2D eigenvalue weighted by molar-refractivity contribution is 7.89. The highest BCUT2D eigenvalue weighted by Gasteiger charge is 2.40. The molecule has 0 amide bonds. The molecule has 0 unspecified atom stereocenters. The summed E-state index contributed by atoms with van der Waals surface area (Å²) in [5.74, 6) is 0.381. The Balaban J connectivity index is 1.45. The fourth-order valence-electron chi connectivity index (χ4n) is 2.77. The molecular weight excluding hydrogens is 397 g/mol. The third-order valence-corrected chi connectivity index (χ3v) is 6.22. The summed E-state index contributed by atoms with van der Waals surface area (Å²) in [7, 11) is -3.88. The van der Waals surface area contributed by atoms with Crippen LogP contribution in [0.3, 0.4) is 0 Å². The molecule has 0 spiro atoms. The minimum Gasteiger partial charge on any atom is -0.339 e. The molecule has 1 aromatic carbocycles. The van der Waals surface area contributed by atoms with Gasteiger partial charge in [-0.25, -0.2) is 8.42 Å². The molecule has 1 saturated heterocycles. The molecule has 0 aliphatic carbocycles. The van der Waals surface area contributed by atoms with E-state index in [9.17, 15) is 21.6 Å². The first kappa shape index (κ1) is 18.6. The molecule has 0 atom stereocenters. The number of aromatic nitrogens is 3. The van der Waals surface area contributed by atoms with Crippen LogP contribution < -0.4 is 0 Å². The zero-order valence-corrected chi connectivity index (χ0v) is 15.0. The quantitative estimate of drug-likeness (QED) is 0.657. The molecule has 28 heavy (non-hydrogen) atoms. The van der Waals surface area contributed by atoms with Gasteiger partial charge in [-0.3, -0.25) is 4.98 Å². The summed E-state index contributed by atoms with van der Waals surface area (Å²) < 4.78 is 69.4. The number of halogens is 3. The van der Waals surface area contributed by atoms with Gasteiger partial charge in [0.05, 0.1) is 16.4 Å². The van der Waals surface area contributed by atoms with Crippen LogP contribution in [0.4, 0.5) is 13.2 Å². The van der Waals surface area contributed by atoms with Gasteiger partial charge in [-0.2, -0.15) is 22.5 Å². The second-order valence-electron chi connectivity index (χ2n) is 6.24. The van der Waals surface area contributed by atoms with Gasteiger partial charge in [0.1, 0.15) is 0 Å². The van der Waals surface area contributed by atoms with E-state index in [4.69, 9.17) is 4.52 Å². The Labute approximate surface area is 157 Å². The Bertz CT molecular complexity index is 1080. The Kier molecular flexibility index (Phi) is 4.42. The Morgan fingerprint density at radius 2 is 1.82 bits per heavy atom. The van der Waals surface area contributed by atoms with Crippen LogP contribution in [0.2, 0.25) is 0 Å². The molecule has 1 aliphatic heterocycles. The number of hydrogen-bond donors (Lipinski definition) is 0. The van der Waals surface area contributed by atoms with Crippen LogP contribution >= 0.6 is 0 Å². The maximum absolute atomic E-state index is 12.6. The van der Waals surface area contributed by atoms with E-state index >= 15 is 0 Å². The number of hydrogen-bond acceptors (Lipinski definition) is 6. The zero-order valence-electron chi connectivity index (χ0n) is 14.2. The van der Waals surface area contributed by atoms with Gasteiger partial charge in [0.25, 0.3) is 0 Å². The first-order chi connectivity index (χ1) is 13.2. The predicted octanol–water partition coefficient (Wildman–Crippen LogP) is 2.94. The first-order valence-corrected chi connectivity index (χ1v) is 9.60. The number of benzene rings is 1. The molecule has 4 rings (SSSR count). The van der Waals surface area contributed by atoms with Gasteiger partial charge in [0.15, 0.2) is 0 Å². The van der Waals surface area contributed by atoms with E-state index < -0.39 is 21.8 Å². The number of rotatable bonds is 4. The molecule has 1 fully saturated rings. The van der Waals surface area contributed by atoms with Crippen LogP contribution in [-0.2, 0) is 16.2 Å². The Hall–Kier alpha value is -2.79. The minimum absolute atomic E-state index is 0.109. The largest absolute Gasteiger partial charge is 0.416 e. The van der Waals surface area contributed by atoms with E-state index in [0.717, 1.165) is 28.6 Å². The van der Waals surface area contributed by atoms with E-state index in [-0.39, 0.29) is 23.9 Å².